The summed E-state index contributed by atoms with van der Waals surface area (Å²) in [5.41, 5.74) is 2.23. The van der Waals surface area contributed by atoms with Crippen molar-refractivity contribution in [3.63, 3.8) is 0 Å². The quantitative estimate of drug-likeness (QED) is 0.611. The van der Waals surface area contributed by atoms with Gasteiger partial charge < -0.3 is 5.11 Å². The van der Waals surface area contributed by atoms with Gasteiger partial charge in [0.25, 0.3) is 0 Å². The number of hydrogen-bond donors (Lipinski definition) is 1. The summed E-state index contributed by atoms with van der Waals surface area (Å²) < 4.78 is 0. The molecule has 0 aromatic heterocycles. The molecular formula is C16H14FeO. The van der Waals surface area contributed by atoms with E-state index in [9.17, 15) is 0 Å². The predicted molar refractivity (Wildman–Crippen MR) is 70.1 cm³/mol. The minimum Gasteiger partial charge on any atom is -0.508 e. The second kappa shape index (κ2) is 7.75. The van der Waals surface area contributed by atoms with Gasteiger partial charge >= 0.3 is 17.1 Å². The Morgan fingerprint density at radius 2 is 1.78 bits per heavy atom. The van der Waals surface area contributed by atoms with Crippen LogP contribution in [0, 0.1) is 12.2 Å². The Labute approximate surface area is 119 Å². The molecule has 0 amide bonds. The smallest absolute Gasteiger partial charge is 0.508 e. The van der Waals surface area contributed by atoms with Crippen LogP contribution in [-0.2, 0) is 17.1 Å². The van der Waals surface area contributed by atoms with Crippen molar-refractivity contribution in [2.24, 2.45) is 0 Å². The van der Waals surface area contributed by atoms with Crippen LogP contribution < -0.4 is 0 Å². The molecule has 0 atom stereocenters. The molecule has 18 heavy (non-hydrogen) atoms. The van der Waals surface area contributed by atoms with Crippen molar-refractivity contribution in [1.29, 1.82) is 0 Å². The van der Waals surface area contributed by atoms with Gasteiger partial charge in [0.2, 0.25) is 0 Å². The van der Waals surface area contributed by atoms with Crippen LogP contribution in [0.3, 0.4) is 0 Å². The predicted octanol–water partition coefficient (Wildman–Crippen LogP) is 3.84. The minimum atomic E-state index is 0. The van der Waals surface area contributed by atoms with Crippen molar-refractivity contribution in [1.82, 2.24) is 0 Å². The van der Waals surface area contributed by atoms with Crippen LogP contribution in [-0.4, -0.2) is 5.11 Å². The van der Waals surface area contributed by atoms with Crippen molar-refractivity contribution in [2.45, 2.75) is 12.8 Å². The largest absolute Gasteiger partial charge is 2.00 e. The first-order valence-corrected chi connectivity index (χ1v) is 5.65. The van der Waals surface area contributed by atoms with Crippen molar-refractivity contribution in [2.75, 3.05) is 0 Å². The maximum atomic E-state index is 9.05. The summed E-state index contributed by atoms with van der Waals surface area (Å²) in [5.74, 6) is 0.307. The van der Waals surface area contributed by atoms with E-state index in [0.717, 1.165) is 24.0 Å². The molecular weight excluding hydrogens is 264 g/mol. The molecule has 0 aliphatic heterocycles. The summed E-state index contributed by atoms with van der Waals surface area (Å²) >= 11 is 0. The van der Waals surface area contributed by atoms with Gasteiger partial charge in [0.15, 0.2) is 0 Å². The zero-order valence-electron chi connectivity index (χ0n) is 9.91. The van der Waals surface area contributed by atoms with Gasteiger partial charge in [0, 0.05) is 0 Å². The van der Waals surface area contributed by atoms with Crippen LogP contribution in [0.5, 0.6) is 5.75 Å². The van der Waals surface area contributed by atoms with Crippen LogP contribution in [0.1, 0.15) is 18.4 Å². The number of phenols is 1. The van der Waals surface area contributed by atoms with Gasteiger partial charge in [-0.1, -0.05) is 6.42 Å². The Kier molecular flexibility index (Phi) is 6.27. The van der Waals surface area contributed by atoms with Gasteiger partial charge in [-0.15, -0.1) is 30.2 Å². The van der Waals surface area contributed by atoms with Crippen molar-refractivity contribution < 1.29 is 22.2 Å². The maximum absolute atomic E-state index is 9.05. The van der Waals surface area contributed by atoms with Crippen LogP contribution >= 0.6 is 0 Å². The third kappa shape index (κ3) is 4.40. The molecule has 0 saturated carbocycles. The first-order chi connectivity index (χ1) is 8.36. The maximum Gasteiger partial charge on any atom is 2.00 e. The molecule has 0 unspecified atom stereocenters. The number of rotatable bonds is 1. The number of hydrogen-bond acceptors (Lipinski definition) is 1. The zero-order chi connectivity index (χ0) is 11.9. The summed E-state index contributed by atoms with van der Waals surface area (Å²) in [6, 6.07) is 7.17. The zero-order valence-corrected chi connectivity index (χ0v) is 11.0. The van der Waals surface area contributed by atoms with Gasteiger partial charge in [-0.3, -0.25) is 6.08 Å². The van der Waals surface area contributed by atoms with E-state index in [4.69, 9.17) is 5.11 Å². The fourth-order valence-corrected chi connectivity index (χ4v) is 1.58. The molecule has 1 nitrogen and oxygen atoms in total. The molecule has 0 heterocycles. The summed E-state index contributed by atoms with van der Waals surface area (Å²) in [4.78, 5) is 0. The average molecular weight is 278 g/mol. The average Bonchev–Trinajstić information content (AvgIpc) is 3.06. The molecule has 2 heteroatoms. The Morgan fingerprint density at radius 1 is 1.00 bits per heavy atom. The Morgan fingerprint density at radius 3 is 2.22 bits per heavy atom. The summed E-state index contributed by atoms with van der Waals surface area (Å²) in [5, 5.41) is 9.05. The minimum absolute atomic E-state index is 0. The van der Waals surface area contributed by atoms with Gasteiger partial charge in [0.1, 0.15) is 5.75 Å². The summed E-state index contributed by atoms with van der Waals surface area (Å²) in [6.07, 6.45) is 18.2. The number of allylic oxidation sites excluding steroid dienone is 8. The fourth-order valence-electron chi connectivity index (χ4n) is 1.58. The standard InChI is InChI=1S/C11H9O.C5H5.Fe/c12-11-7-5-10(6-8-11)9-3-1-2-4-9;1-2-4-5-3-1;/h1,3,5-8,12H,2H2;1-3H,4H2;/q2*-1;+2. The molecule has 0 saturated heterocycles. The molecule has 0 fully saturated rings. The SMILES string of the molecule is Oc1ccc(C2=[C-]CC=C2)cc1.[C-]1=CC=CC1.[Fe+2]. The van der Waals surface area contributed by atoms with Crippen LogP contribution in [0.4, 0.5) is 0 Å². The number of benzene rings is 1. The van der Waals surface area contributed by atoms with Gasteiger partial charge in [-0.2, -0.15) is 23.8 Å². The topological polar surface area (TPSA) is 20.2 Å². The van der Waals surface area contributed by atoms with E-state index < -0.39 is 0 Å². The third-order valence-corrected chi connectivity index (χ3v) is 2.46. The molecule has 1 aromatic rings. The Bertz CT molecular complexity index is 468. The first-order valence-electron chi connectivity index (χ1n) is 5.65. The second-order valence-corrected chi connectivity index (χ2v) is 3.75. The molecule has 1 N–H and O–H groups in total. The number of aromatic hydroxyl groups is 1. The molecule has 92 valence electrons. The Hall–Kier alpha value is -1.50. The number of phenolic OH excluding ortho intramolecular Hbond substituents is 1. The monoisotopic (exact) mass is 278 g/mol. The molecule has 3 rings (SSSR count). The molecule has 2 aliphatic rings. The molecule has 2 aliphatic carbocycles. The Balaban J connectivity index is 0.000000230. The second-order valence-electron chi connectivity index (χ2n) is 3.75. The van der Waals surface area contributed by atoms with Crippen LogP contribution in [0.25, 0.3) is 5.57 Å². The van der Waals surface area contributed by atoms with E-state index >= 15 is 0 Å². The van der Waals surface area contributed by atoms with E-state index in [1.54, 1.807) is 12.1 Å². The van der Waals surface area contributed by atoms with Gasteiger partial charge in [-0.25, -0.2) is 12.2 Å². The van der Waals surface area contributed by atoms with E-state index in [0.29, 0.717) is 5.75 Å². The van der Waals surface area contributed by atoms with E-state index in [1.807, 2.05) is 30.4 Å². The van der Waals surface area contributed by atoms with Gasteiger partial charge in [-0.05, 0) is 12.1 Å². The fraction of sp³-hybridized carbons (Fsp3) is 0.125. The molecule has 0 spiro atoms. The van der Waals surface area contributed by atoms with Crippen LogP contribution in [0.15, 0.2) is 54.6 Å². The summed E-state index contributed by atoms with van der Waals surface area (Å²) in [7, 11) is 0. The molecule has 0 radical (unpaired) electrons. The van der Waals surface area contributed by atoms with E-state index in [1.165, 1.54) is 0 Å². The molecule has 1 aromatic carbocycles. The first kappa shape index (κ1) is 14.6. The van der Waals surface area contributed by atoms with Crippen molar-refractivity contribution in [3.8, 4) is 5.75 Å². The van der Waals surface area contributed by atoms with E-state index in [-0.39, 0.29) is 17.1 Å². The third-order valence-electron chi connectivity index (χ3n) is 2.46. The van der Waals surface area contributed by atoms with Crippen molar-refractivity contribution >= 4 is 5.57 Å². The van der Waals surface area contributed by atoms with Gasteiger partial charge in [0.05, 0.1) is 0 Å². The van der Waals surface area contributed by atoms with Crippen LogP contribution in [0.2, 0.25) is 0 Å². The summed E-state index contributed by atoms with van der Waals surface area (Å²) in [6.45, 7) is 0. The normalized spacial score (nSPS) is 14.8. The molecule has 0 bridgehead atoms. The van der Waals surface area contributed by atoms with E-state index in [2.05, 4.69) is 24.3 Å². The van der Waals surface area contributed by atoms with Crippen molar-refractivity contribution in [3.05, 3.63) is 72.4 Å².